The van der Waals surface area contributed by atoms with Crippen LogP contribution in [0.1, 0.15) is 20.8 Å². The van der Waals surface area contributed by atoms with Gasteiger partial charge < -0.3 is 9.80 Å². The van der Waals surface area contributed by atoms with E-state index in [0.717, 1.165) is 25.3 Å². The van der Waals surface area contributed by atoms with Crippen LogP contribution in [-0.4, -0.2) is 37.0 Å². The van der Waals surface area contributed by atoms with Crippen molar-refractivity contribution in [2.45, 2.75) is 20.8 Å². The molecule has 1 amide bonds. The first-order valence-electron chi connectivity index (χ1n) is 6.30. The van der Waals surface area contributed by atoms with Gasteiger partial charge in [-0.25, -0.2) is 0 Å². The molecular weight excluding hydrogens is 212 g/mol. The summed E-state index contributed by atoms with van der Waals surface area (Å²) in [5.74, 6) is 0.195. The van der Waals surface area contributed by atoms with Gasteiger partial charge in [0.1, 0.15) is 0 Å². The molecule has 94 valence electrons. The molecule has 0 spiro atoms. The highest BCUT2D eigenvalue weighted by Crippen LogP contribution is 2.12. The molecular formula is C14H22N2O. The van der Waals surface area contributed by atoms with E-state index in [0.29, 0.717) is 6.54 Å². The lowest BCUT2D eigenvalue weighted by atomic mass is 10.3. The number of para-hydroxylation sites is 1. The maximum absolute atomic E-state index is 12.0. The molecule has 0 fully saturated rings. The first-order valence-corrected chi connectivity index (χ1v) is 6.30. The Balaban J connectivity index is 2.68. The van der Waals surface area contributed by atoms with Gasteiger partial charge in [-0.1, -0.05) is 18.2 Å². The minimum atomic E-state index is 0.195. The number of anilines is 1. The van der Waals surface area contributed by atoms with E-state index in [1.54, 1.807) is 0 Å². The fraction of sp³-hybridized carbons (Fsp3) is 0.500. The standard InChI is InChI=1S/C14H22N2O/c1-4-15(5-2)14(17)12-16(6-3)13-10-8-7-9-11-13/h7-11H,4-6,12H2,1-3H3. The molecule has 0 unspecified atom stereocenters. The molecule has 0 radical (unpaired) electrons. The summed E-state index contributed by atoms with van der Waals surface area (Å²) in [6, 6.07) is 10.1. The molecule has 0 N–H and O–H groups in total. The minimum Gasteiger partial charge on any atom is -0.362 e. The average molecular weight is 234 g/mol. The second kappa shape index (κ2) is 6.94. The van der Waals surface area contributed by atoms with Gasteiger partial charge in [-0.3, -0.25) is 4.79 Å². The Kier molecular flexibility index (Phi) is 5.53. The Hall–Kier alpha value is -1.51. The maximum atomic E-state index is 12.0. The van der Waals surface area contributed by atoms with Crippen LogP contribution in [0.5, 0.6) is 0 Å². The highest BCUT2D eigenvalue weighted by atomic mass is 16.2. The van der Waals surface area contributed by atoms with Gasteiger partial charge in [0, 0.05) is 25.3 Å². The zero-order valence-corrected chi connectivity index (χ0v) is 11.0. The Labute approximate surface area is 104 Å². The minimum absolute atomic E-state index is 0.195. The van der Waals surface area contributed by atoms with Crippen molar-refractivity contribution in [1.29, 1.82) is 0 Å². The van der Waals surface area contributed by atoms with Crippen molar-refractivity contribution in [3.63, 3.8) is 0 Å². The summed E-state index contributed by atoms with van der Waals surface area (Å²) in [4.78, 5) is 16.0. The fourth-order valence-electron chi connectivity index (χ4n) is 1.86. The number of carbonyl (C=O) groups excluding carboxylic acids is 1. The van der Waals surface area contributed by atoms with Crippen molar-refractivity contribution in [2.75, 3.05) is 31.1 Å². The molecule has 0 saturated heterocycles. The Morgan fingerprint density at radius 1 is 1.00 bits per heavy atom. The first kappa shape index (κ1) is 13.6. The number of rotatable bonds is 6. The normalized spacial score (nSPS) is 10.1. The number of carbonyl (C=O) groups is 1. The van der Waals surface area contributed by atoms with Crippen molar-refractivity contribution in [2.24, 2.45) is 0 Å². The second-order valence-electron chi connectivity index (χ2n) is 3.92. The molecule has 0 aliphatic carbocycles. The van der Waals surface area contributed by atoms with Crippen LogP contribution >= 0.6 is 0 Å². The zero-order valence-electron chi connectivity index (χ0n) is 11.0. The van der Waals surface area contributed by atoms with Gasteiger partial charge in [-0.15, -0.1) is 0 Å². The molecule has 1 rings (SSSR count). The third kappa shape index (κ3) is 3.77. The molecule has 0 aromatic heterocycles. The summed E-state index contributed by atoms with van der Waals surface area (Å²) in [5, 5.41) is 0. The molecule has 0 atom stereocenters. The van der Waals surface area contributed by atoms with Crippen molar-refractivity contribution in [3.05, 3.63) is 30.3 Å². The second-order valence-corrected chi connectivity index (χ2v) is 3.92. The van der Waals surface area contributed by atoms with Gasteiger partial charge in [0.2, 0.25) is 5.91 Å². The summed E-state index contributed by atoms with van der Waals surface area (Å²) in [6.07, 6.45) is 0. The molecule has 1 aromatic rings. The molecule has 0 heterocycles. The molecule has 17 heavy (non-hydrogen) atoms. The van der Waals surface area contributed by atoms with Gasteiger partial charge in [-0.05, 0) is 32.9 Å². The van der Waals surface area contributed by atoms with Gasteiger partial charge in [-0.2, -0.15) is 0 Å². The summed E-state index contributed by atoms with van der Waals surface area (Å²) in [5.41, 5.74) is 1.11. The number of hydrogen-bond donors (Lipinski definition) is 0. The van der Waals surface area contributed by atoms with Crippen LogP contribution in [0.25, 0.3) is 0 Å². The molecule has 3 heteroatoms. The van der Waals surface area contributed by atoms with Crippen LogP contribution in [-0.2, 0) is 4.79 Å². The van der Waals surface area contributed by atoms with Crippen LogP contribution in [0.4, 0.5) is 5.69 Å². The number of benzene rings is 1. The van der Waals surface area contributed by atoms with Crippen molar-refractivity contribution in [3.8, 4) is 0 Å². The largest absolute Gasteiger partial charge is 0.362 e. The van der Waals surface area contributed by atoms with Crippen molar-refractivity contribution >= 4 is 11.6 Å². The van der Waals surface area contributed by atoms with Gasteiger partial charge in [0.15, 0.2) is 0 Å². The van der Waals surface area contributed by atoms with Gasteiger partial charge in [0.05, 0.1) is 6.54 Å². The Bertz CT molecular complexity index is 333. The monoisotopic (exact) mass is 234 g/mol. The van der Waals surface area contributed by atoms with E-state index in [1.165, 1.54) is 0 Å². The molecule has 0 aliphatic rings. The van der Waals surface area contributed by atoms with Crippen LogP contribution in [0.3, 0.4) is 0 Å². The smallest absolute Gasteiger partial charge is 0.242 e. The van der Waals surface area contributed by atoms with E-state index >= 15 is 0 Å². The number of amides is 1. The van der Waals surface area contributed by atoms with Crippen LogP contribution in [0, 0.1) is 0 Å². The lowest BCUT2D eigenvalue weighted by Gasteiger charge is -2.26. The van der Waals surface area contributed by atoms with Crippen LogP contribution in [0.2, 0.25) is 0 Å². The predicted molar refractivity (Wildman–Crippen MR) is 72.3 cm³/mol. The van der Waals surface area contributed by atoms with Crippen LogP contribution < -0.4 is 4.90 Å². The van der Waals surface area contributed by atoms with Crippen molar-refractivity contribution in [1.82, 2.24) is 4.90 Å². The highest BCUT2D eigenvalue weighted by molar-refractivity contribution is 5.81. The van der Waals surface area contributed by atoms with E-state index < -0.39 is 0 Å². The number of nitrogens with zero attached hydrogens (tertiary/aromatic N) is 2. The van der Waals surface area contributed by atoms with E-state index in [4.69, 9.17) is 0 Å². The highest BCUT2D eigenvalue weighted by Gasteiger charge is 2.13. The van der Waals surface area contributed by atoms with Crippen LogP contribution in [0.15, 0.2) is 30.3 Å². The zero-order chi connectivity index (χ0) is 12.7. The SMILES string of the molecule is CCN(CC)C(=O)CN(CC)c1ccccc1. The van der Waals surface area contributed by atoms with Gasteiger partial charge >= 0.3 is 0 Å². The van der Waals surface area contributed by atoms with E-state index in [9.17, 15) is 4.79 Å². The lowest BCUT2D eigenvalue weighted by molar-refractivity contribution is -0.129. The molecule has 1 aromatic carbocycles. The Morgan fingerprint density at radius 2 is 1.59 bits per heavy atom. The third-order valence-corrected chi connectivity index (χ3v) is 2.95. The van der Waals surface area contributed by atoms with E-state index in [-0.39, 0.29) is 5.91 Å². The third-order valence-electron chi connectivity index (χ3n) is 2.95. The summed E-state index contributed by atoms with van der Waals surface area (Å²) < 4.78 is 0. The molecule has 0 saturated carbocycles. The summed E-state index contributed by atoms with van der Waals surface area (Å²) >= 11 is 0. The average Bonchev–Trinajstić information content (AvgIpc) is 2.38. The molecule has 0 aliphatic heterocycles. The Morgan fingerprint density at radius 3 is 2.06 bits per heavy atom. The number of likely N-dealkylation sites (N-methyl/N-ethyl adjacent to an activating group) is 2. The first-order chi connectivity index (χ1) is 8.22. The summed E-state index contributed by atoms with van der Waals surface area (Å²) in [7, 11) is 0. The maximum Gasteiger partial charge on any atom is 0.242 e. The lowest BCUT2D eigenvalue weighted by Crippen LogP contribution is -2.40. The fourth-order valence-corrected chi connectivity index (χ4v) is 1.86. The van der Waals surface area contributed by atoms with Gasteiger partial charge in [0.25, 0.3) is 0 Å². The predicted octanol–water partition coefficient (Wildman–Crippen LogP) is 2.38. The molecule has 0 bridgehead atoms. The van der Waals surface area contributed by atoms with Crippen molar-refractivity contribution < 1.29 is 4.79 Å². The number of hydrogen-bond acceptors (Lipinski definition) is 2. The summed E-state index contributed by atoms with van der Waals surface area (Å²) in [6.45, 7) is 8.96. The van der Waals surface area contributed by atoms with E-state index in [1.807, 2.05) is 49.1 Å². The van der Waals surface area contributed by atoms with E-state index in [2.05, 4.69) is 11.8 Å². The quantitative estimate of drug-likeness (QED) is 0.754. The topological polar surface area (TPSA) is 23.6 Å². The molecule has 3 nitrogen and oxygen atoms in total.